The van der Waals surface area contributed by atoms with Crippen LogP contribution in [0.15, 0.2) is 60.7 Å². The van der Waals surface area contributed by atoms with E-state index in [4.69, 9.17) is 4.74 Å². The molecular weight excluding hydrogens is 312 g/mol. The molecule has 2 rings (SSSR count). The summed E-state index contributed by atoms with van der Waals surface area (Å²) in [6.07, 6.45) is 0. The van der Waals surface area contributed by atoms with Crippen LogP contribution in [0, 0.1) is 0 Å². The molecule has 0 unspecified atom stereocenters. The monoisotopic (exact) mass is 346 g/mol. The zero-order valence-electron chi connectivity index (χ0n) is 17.0. The van der Waals surface area contributed by atoms with Crippen LogP contribution in [0.5, 0.6) is 0 Å². The van der Waals surface area contributed by atoms with Crippen molar-refractivity contribution in [3.05, 3.63) is 71.8 Å². The summed E-state index contributed by atoms with van der Waals surface area (Å²) in [5.74, 6) is -1.28. The third kappa shape index (κ3) is 12.6. The van der Waals surface area contributed by atoms with Gasteiger partial charge < -0.3 is 4.74 Å². The second-order valence-electron chi connectivity index (χ2n) is 3.41. The Morgan fingerprint density at radius 3 is 1.00 bits per heavy atom. The van der Waals surface area contributed by atoms with E-state index in [-0.39, 0.29) is 0 Å². The van der Waals surface area contributed by atoms with Crippen LogP contribution in [0.3, 0.4) is 0 Å². The van der Waals surface area contributed by atoms with E-state index in [9.17, 15) is 9.59 Å². The molecule has 0 saturated heterocycles. The molecule has 0 amide bonds. The van der Waals surface area contributed by atoms with Gasteiger partial charge in [-0.2, -0.15) is 0 Å². The fourth-order valence-electron chi connectivity index (χ4n) is 1.35. The molecule has 0 radical (unpaired) electrons. The number of hydrogen-bond donors (Lipinski definition) is 0. The maximum Gasteiger partial charge on any atom is 0.346 e. The quantitative estimate of drug-likeness (QED) is 0.444. The summed E-state index contributed by atoms with van der Waals surface area (Å²) in [4.78, 5) is 23.2. The van der Waals surface area contributed by atoms with Crippen molar-refractivity contribution in [2.45, 2.75) is 55.4 Å². The summed E-state index contributed by atoms with van der Waals surface area (Å²) < 4.78 is 4.74. The Bertz CT molecular complexity index is 470. The van der Waals surface area contributed by atoms with Crippen LogP contribution >= 0.6 is 0 Å². The smallest absolute Gasteiger partial charge is 0.346 e. The van der Waals surface area contributed by atoms with Gasteiger partial charge in [-0.15, -0.1) is 0 Å². The van der Waals surface area contributed by atoms with Crippen LogP contribution in [0.4, 0.5) is 0 Å². The van der Waals surface area contributed by atoms with Gasteiger partial charge in [-0.05, 0) is 24.3 Å². The van der Waals surface area contributed by atoms with Crippen molar-refractivity contribution in [1.29, 1.82) is 0 Å². The Balaban J connectivity index is -0.000000533. The van der Waals surface area contributed by atoms with Crippen LogP contribution in [0.2, 0.25) is 0 Å². The molecule has 0 spiro atoms. The van der Waals surface area contributed by atoms with Gasteiger partial charge in [-0.25, -0.2) is 9.59 Å². The molecule has 0 bridgehead atoms. The number of rotatable bonds is 2. The Hall–Kier alpha value is -2.42. The number of benzene rings is 2. The van der Waals surface area contributed by atoms with Crippen molar-refractivity contribution < 1.29 is 14.3 Å². The minimum Gasteiger partial charge on any atom is -0.386 e. The van der Waals surface area contributed by atoms with E-state index in [1.54, 1.807) is 60.7 Å². The Labute approximate surface area is 154 Å². The van der Waals surface area contributed by atoms with E-state index in [0.717, 1.165) is 0 Å². The lowest BCUT2D eigenvalue weighted by Crippen LogP contribution is -2.12. The average molecular weight is 347 g/mol. The molecule has 140 valence electrons. The zero-order chi connectivity index (χ0) is 20.1. The molecule has 0 aliphatic carbocycles. The minimum absolute atomic E-state index is 0.358. The van der Waals surface area contributed by atoms with Crippen LogP contribution in [0.1, 0.15) is 76.1 Å². The number of ether oxygens (including phenoxy) is 1. The second-order valence-corrected chi connectivity index (χ2v) is 3.41. The fraction of sp³-hybridized carbons (Fsp3) is 0.364. The van der Waals surface area contributed by atoms with Crippen molar-refractivity contribution in [2.75, 3.05) is 0 Å². The number of hydrogen-bond acceptors (Lipinski definition) is 3. The molecule has 0 aliphatic heterocycles. The predicted molar refractivity (Wildman–Crippen MR) is 108 cm³/mol. The van der Waals surface area contributed by atoms with Crippen LogP contribution < -0.4 is 0 Å². The van der Waals surface area contributed by atoms with E-state index in [1.165, 1.54) is 0 Å². The van der Waals surface area contributed by atoms with Gasteiger partial charge in [0.25, 0.3) is 0 Å². The van der Waals surface area contributed by atoms with Gasteiger partial charge in [-0.3, -0.25) is 0 Å². The number of esters is 2. The largest absolute Gasteiger partial charge is 0.386 e. The lowest BCUT2D eigenvalue weighted by molar-refractivity contribution is 0.0398. The second kappa shape index (κ2) is 21.6. The third-order valence-electron chi connectivity index (χ3n) is 2.20. The summed E-state index contributed by atoms with van der Waals surface area (Å²) in [6.45, 7) is 16.0. The molecule has 0 N–H and O–H groups in total. The van der Waals surface area contributed by atoms with Gasteiger partial charge in [0.05, 0.1) is 11.1 Å². The van der Waals surface area contributed by atoms with E-state index < -0.39 is 11.9 Å². The molecule has 2 aromatic rings. The van der Waals surface area contributed by atoms with Crippen molar-refractivity contribution in [2.24, 2.45) is 0 Å². The molecule has 0 aromatic heterocycles. The molecule has 0 atom stereocenters. The van der Waals surface area contributed by atoms with Crippen molar-refractivity contribution in [3.63, 3.8) is 0 Å². The molecule has 0 heterocycles. The first-order valence-corrected chi connectivity index (χ1v) is 9.14. The van der Waals surface area contributed by atoms with E-state index in [2.05, 4.69) is 0 Å². The Kier molecular flexibility index (Phi) is 23.7. The molecular formula is C22H34O3. The van der Waals surface area contributed by atoms with Crippen LogP contribution in [-0.2, 0) is 4.74 Å². The van der Waals surface area contributed by atoms with Gasteiger partial charge in [0.15, 0.2) is 0 Å². The fourth-order valence-corrected chi connectivity index (χ4v) is 1.35. The van der Waals surface area contributed by atoms with Gasteiger partial charge in [-0.1, -0.05) is 91.8 Å². The first-order valence-electron chi connectivity index (χ1n) is 9.14. The molecule has 25 heavy (non-hydrogen) atoms. The molecule has 0 saturated carbocycles. The average Bonchev–Trinajstić information content (AvgIpc) is 2.75. The molecule has 3 nitrogen and oxygen atoms in total. The van der Waals surface area contributed by atoms with Crippen molar-refractivity contribution >= 4 is 11.9 Å². The first kappa shape index (κ1) is 27.4. The van der Waals surface area contributed by atoms with Crippen molar-refractivity contribution in [3.8, 4) is 0 Å². The highest BCUT2D eigenvalue weighted by Gasteiger charge is 2.13. The summed E-state index contributed by atoms with van der Waals surface area (Å²) in [5.41, 5.74) is 0.716. The lowest BCUT2D eigenvalue weighted by Gasteiger charge is -2.02. The van der Waals surface area contributed by atoms with Crippen molar-refractivity contribution in [1.82, 2.24) is 0 Å². The third-order valence-corrected chi connectivity index (χ3v) is 2.20. The van der Waals surface area contributed by atoms with Gasteiger partial charge in [0.2, 0.25) is 0 Å². The minimum atomic E-state index is -0.639. The van der Waals surface area contributed by atoms with Crippen LogP contribution in [0.25, 0.3) is 0 Å². The number of carbonyl (C=O) groups excluding carboxylic acids is 2. The normalized spacial score (nSPS) is 7.52. The Morgan fingerprint density at radius 1 is 0.520 bits per heavy atom. The molecule has 3 heteroatoms. The highest BCUT2D eigenvalue weighted by atomic mass is 16.6. The van der Waals surface area contributed by atoms with E-state index in [0.29, 0.717) is 11.1 Å². The molecule has 2 aromatic carbocycles. The molecule has 0 fully saturated rings. The van der Waals surface area contributed by atoms with E-state index in [1.807, 2.05) is 55.4 Å². The molecule has 0 aliphatic rings. The maximum absolute atomic E-state index is 11.6. The zero-order valence-corrected chi connectivity index (χ0v) is 17.0. The van der Waals surface area contributed by atoms with E-state index >= 15 is 0 Å². The highest BCUT2D eigenvalue weighted by Crippen LogP contribution is 2.05. The standard InChI is InChI=1S/C14H10O3.4C2H6/c15-13(11-7-3-1-4-8-11)17-14(16)12-9-5-2-6-10-12;4*1-2/h1-10H;4*1-2H3. The number of carbonyl (C=O) groups is 2. The summed E-state index contributed by atoms with van der Waals surface area (Å²) in [5, 5.41) is 0. The SMILES string of the molecule is CC.CC.CC.CC.O=C(OC(=O)c1ccccc1)c1ccccc1. The topological polar surface area (TPSA) is 43.4 Å². The lowest BCUT2D eigenvalue weighted by atomic mass is 10.2. The van der Waals surface area contributed by atoms with Crippen LogP contribution in [-0.4, -0.2) is 11.9 Å². The summed E-state index contributed by atoms with van der Waals surface area (Å²) in [6, 6.07) is 16.8. The Morgan fingerprint density at radius 2 is 0.760 bits per heavy atom. The van der Waals surface area contributed by atoms with Gasteiger partial charge in [0, 0.05) is 0 Å². The highest BCUT2D eigenvalue weighted by molar-refractivity contribution is 6.02. The van der Waals surface area contributed by atoms with Gasteiger partial charge in [0.1, 0.15) is 0 Å². The first-order chi connectivity index (χ1) is 12.3. The summed E-state index contributed by atoms with van der Waals surface area (Å²) in [7, 11) is 0. The van der Waals surface area contributed by atoms with Gasteiger partial charge >= 0.3 is 11.9 Å². The maximum atomic E-state index is 11.6. The predicted octanol–water partition coefficient (Wildman–Crippen LogP) is 6.79. The summed E-state index contributed by atoms with van der Waals surface area (Å²) >= 11 is 0.